The van der Waals surface area contributed by atoms with E-state index in [0.29, 0.717) is 28.6 Å². The van der Waals surface area contributed by atoms with Gasteiger partial charge in [0.15, 0.2) is 6.61 Å². The molecular formula is C20H21ClN4O5. The highest BCUT2D eigenvalue weighted by Gasteiger charge is 2.11. The Labute approximate surface area is 178 Å². The minimum atomic E-state index is -0.914. The van der Waals surface area contributed by atoms with E-state index in [-0.39, 0.29) is 19.1 Å². The third-order valence-electron chi connectivity index (χ3n) is 3.57. The van der Waals surface area contributed by atoms with Crippen molar-refractivity contribution in [3.05, 3.63) is 59.1 Å². The number of anilines is 1. The van der Waals surface area contributed by atoms with Gasteiger partial charge in [0, 0.05) is 29.9 Å². The molecule has 30 heavy (non-hydrogen) atoms. The number of methoxy groups -OCH3 is 1. The zero-order valence-corrected chi connectivity index (χ0v) is 16.9. The summed E-state index contributed by atoms with van der Waals surface area (Å²) >= 11 is 5.81. The predicted molar refractivity (Wildman–Crippen MR) is 113 cm³/mol. The van der Waals surface area contributed by atoms with Crippen LogP contribution >= 0.6 is 11.6 Å². The molecule has 0 radical (unpaired) electrons. The fourth-order valence-corrected chi connectivity index (χ4v) is 2.28. The van der Waals surface area contributed by atoms with Crippen LogP contribution in [-0.2, 0) is 19.1 Å². The summed E-state index contributed by atoms with van der Waals surface area (Å²) in [5, 5.41) is 9.37. The number of ether oxygens (including phenoxy) is 2. The van der Waals surface area contributed by atoms with Crippen molar-refractivity contribution in [2.45, 2.75) is 0 Å². The molecule has 3 amide bonds. The topological polar surface area (TPSA) is 118 Å². The van der Waals surface area contributed by atoms with Crippen molar-refractivity contribution in [1.82, 2.24) is 10.7 Å². The van der Waals surface area contributed by atoms with Gasteiger partial charge in [-0.2, -0.15) is 5.10 Å². The maximum absolute atomic E-state index is 12.1. The number of amides is 3. The lowest BCUT2D eigenvalue weighted by molar-refractivity contribution is -0.139. The fraction of sp³-hybridized carbons (Fsp3) is 0.200. The highest BCUT2D eigenvalue weighted by Crippen LogP contribution is 2.16. The lowest BCUT2D eigenvalue weighted by Crippen LogP contribution is -2.39. The van der Waals surface area contributed by atoms with E-state index in [1.807, 2.05) is 0 Å². The second-order valence-corrected chi connectivity index (χ2v) is 6.27. The first-order valence-corrected chi connectivity index (χ1v) is 9.25. The van der Waals surface area contributed by atoms with Crippen LogP contribution in [0.15, 0.2) is 53.6 Å². The Morgan fingerprint density at radius 3 is 2.53 bits per heavy atom. The predicted octanol–water partition coefficient (Wildman–Crippen LogP) is 1.57. The first kappa shape index (κ1) is 22.9. The molecular weight excluding hydrogens is 412 g/mol. The highest BCUT2D eigenvalue weighted by atomic mass is 35.5. The highest BCUT2D eigenvalue weighted by molar-refractivity contribution is 6.35. The van der Waals surface area contributed by atoms with Gasteiger partial charge in [-0.3, -0.25) is 14.4 Å². The average Bonchev–Trinajstić information content (AvgIpc) is 2.74. The first-order chi connectivity index (χ1) is 14.5. The van der Waals surface area contributed by atoms with Crippen molar-refractivity contribution in [3.8, 4) is 5.75 Å². The molecule has 3 N–H and O–H groups in total. The van der Waals surface area contributed by atoms with E-state index in [9.17, 15) is 14.4 Å². The quantitative estimate of drug-likeness (QED) is 0.240. The van der Waals surface area contributed by atoms with Crippen LogP contribution in [0.5, 0.6) is 5.75 Å². The van der Waals surface area contributed by atoms with Gasteiger partial charge in [0.05, 0.1) is 12.8 Å². The molecule has 0 spiro atoms. The van der Waals surface area contributed by atoms with Crippen LogP contribution in [0.3, 0.4) is 0 Å². The lowest BCUT2D eigenvalue weighted by Gasteiger charge is -2.09. The van der Waals surface area contributed by atoms with Gasteiger partial charge in [0.1, 0.15) is 5.75 Å². The molecule has 158 valence electrons. The average molecular weight is 433 g/mol. The number of para-hydroxylation sites is 1. The maximum Gasteiger partial charge on any atom is 0.329 e. The monoisotopic (exact) mass is 432 g/mol. The first-order valence-electron chi connectivity index (χ1n) is 8.87. The van der Waals surface area contributed by atoms with Gasteiger partial charge in [-0.1, -0.05) is 23.7 Å². The van der Waals surface area contributed by atoms with Crippen LogP contribution in [0.25, 0.3) is 0 Å². The number of nitrogens with one attached hydrogen (secondary N) is 3. The number of halogens is 1. The SMILES string of the molecule is COCCNC(=O)C(=O)N/N=C\c1ccccc1OCC(=O)Nc1ccc(Cl)cc1. The molecule has 0 unspecified atom stereocenters. The molecule has 10 heteroatoms. The maximum atomic E-state index is 12.1. The summed E-state index contributed by atoms with van der Waals surface area (Å²) in [7, 11) is 1.48. The van der Waals surface area contributed by atoms with Crippen molar-refractivity contribution in [3.63, 3.8) is 0 Å². The van der Waals surface area contributed by atoms with Gasteiger partial charge >= 0.3 is 11.8 Å². The van der Waals surface area contributed by atoms with Crippen molar-refractivity contribution in [1.29, 1.82) is 0 Å². The van der Waals surface area contributed by atoms with Crippen LogP contribution in [-0.4, -0.2) is 50.8 Å². The van der Waals surface area contributed by atoms with E-state index in [1.165, 1.54) is 13.3 Å². The zero-order valence-electron chi connectivity index (χ0n) is 16.2. The Kier molecular flexibility index (Phi) is 9.29. The second kappa shape index (κ2) is 12.2. The molecule has 0 bridgehead atoms. The molecule has 0 aliphatic carbocycles. The molecule has 0 fully saturated rings. The molecule has 0 aliphatic heterocycles. The van der Waals surface area contributed by atoms with Crippen molar-refractivity contribution in [2.75, 3.05) is 32.2 Å². The molecule has 0 aromatic heterocycles. The molecule has 2 aromatic carbocycles. The van der Waals surface area contributed by atoms with E-state index >= 15 is 0 Å². The Bertz CT molecular complexity index is 902. The van der Waals surface area contributed by atoms with Gasteiger partial charge in [-0.15, -0.1) is 0 Å². The Balaban J connectivity index is 1.86. The summed E-state index contributed by atoms with van der Waals surface area (Å²) in [6, 6.07) is 13.5. The summed E-state index contributed by atoms with van der Waals surface area (Å²) in [6.07, 6.45) is 1.31. The molecule has 2 rings (SSSR count). The van der Waals surface area contributed by atoms with Gasteiger partial charge in [-0.25, -0.2) is 5.43 Å². The number of hydrogen-bond acceptors (Lipinski definition) is 6. The number of nitrogens with zero attached hydrogens (tertiary/aromatic N) is 1. The van der Waals surface area contributed by atoms with Gasteiger partial charge < -0.3 is 20.1 Å². The van der Waals surface area contributed by atoms with E-state index in [2.05, 4.69) is 21.2 Å². The minimum Gasteiger partial charge on any atom is -0.483 e. The summed E-state index contributed by atoms with van der Waals surface area (Å²) in [5.41, 5.74) is 3.22. The zero-order chi connectivity index (χ0) is 21.8. The Morgan fingerprint density at radius 2 is 1.80 bits per heavy atom. The van der Waals surface area contributed by atoms with Crippen LogP contribution in [0.4, 0.5) is 5.69 Å². The van der Waals surface area contributed by atoms with Crippen LogP contribution < -0.4 is 20.8 Å². The minimum absolute atomic E-state index is 0.210. The van der Waals surface area contributed by atoms with Crippen LogP contribution in [0.2, 0.25) is 5.02 Å². The van der Waals surface area contributed by atoms with E-state index in [0.717, 1.165) is 0 Å². The number of carbonyl (C=O) groups excluding carboxylic acids is 3. The third-order valence-corrected chi connectivity index (χ3v) is 3.83. The molecule has 0 saturated heterocycles. The summed E-state index contributed by atoms with van der Waals surface area (Å²) < 4.78 is 10.3. The number of hydrazone groups is 1. The number of hydrogen-bond donors (Lipinski definition) is 3. The normalized spacial score (nSPS) is 10.5. The van der Waals surface area contributed by atoms with Gasteiger partial charge in [0.2, 0.25) is 0 Å². The van der Waals surface area contributed by atoms with E-state index < -0.39 is 11.8 Å². The number of benzene rings is 2. The Morgan fingerprint density at radius 1 is 1.07 bits per heavy atom. The van der Waals surface area contributed by atoms with Crippen molar-refractivity contribution in [2.24, 2.45) is 5.10 Å². The second-order valence-electron chi connectivity index (χ2n) is 5.83. The molecule has 0 saturated carbocycles. The smallest absolute Gasteiger partial charge is 0.329 e. The van der Waals surface area contributed by atoms with E-state index in [1.54, 1.807) is 48.5 Å². The van der Waals surface area contributed by atoms with Gasteiger partial charge in [-0.05, 0) is 36.4 Å². The molecule has 0 atom stereocenters. The van der Waals surface area contributed by atoms with Gasteiger partial charge in [0.25, 0.3) is 5.91 Å². The largest absolute Gasteiger partial charge is 0.483 e. The number of rotatable bonds is 9. The molecule has 9 nitrogen and oxygen atoms in total. The summed E-state index contributed by atoms with van der Waals surface area (Å²) in [6.45, 7) is 0.265. The molecule has 0 aliphatic rings. The fourth-order valence-electron chi connectivity index (χ4n) is 2.15. The third kappa shape index (κ3) is 7.90. The lowest BCUT2D eigenvalue weighted by atomic mass is 10.2. The van der Waals surface area contributed by atoms with Crippen LogP contribution in [0.1, 0.15) is 5.56 Å². The van der Waals surface area contributed by atoms with Crippen LogP contribution in [0, 0.1) is 0 Å². The number of carbonyl (C=O) groups is 3. The summed E-state index contributed by atoms with van der Waals surface area (Å²) in [4.78, 5) is 35.3. The van der Waals surface area contributed by atoms with E-state index in [4.69, 9.17) is 21.1 Å². The Hall–Kier alpha value is -3.43. The van der Waals surface area contributed by atoms with Crippen molar-refractivity contribution >= 4 is 41.2 Å². The summed E-state index contributed by atoms with van der Waals surface area (Å²) in [5.74, 6) is -1.72. The van der Waals surface area contributed by atoms with Crippen molar-refractivity contribution < 1.29 is 23.9 Å². The molecule has 0 heterocycles. The standard InChI is InChI=1S/C20H21ClN4O5/c1-29-11-10-22-19(27)20(28)25-23-12-14-4-2-3-5-17(14)30-13-18(26)24-16-8-6-15(21)7-9-16/h2-9,12H,10-11,13H2,1H3,(H,22,27)(H,24,26)(H,25,28)/b23-12-. The molecule has 2 aromatic rings.